The average Bonchev–Trinajstić information content (AvgIpc) is 2.87. The Morgan fingerprint density at radius 2 is 2.07 bits per heavy atom. The summed E-state index contributed by atoms with van der Waals surface area (Å²) in [4.78, 5) is 26.8. The molecule has 1 atom stereocenters. The van der Waals surface area contributed by atoms with E-state index in [1.54, 1.807) is 0 Å². The molecule has 3 N–H and O–H groups in total. The fourth-order valence-electron chi connectivity index (χ4n) is 3.12. The number of nitrogens with zero attached hydrogens (tertiary/aromatic N) is 4. The summed E-state index contributed by atoms with van der Waals surface area (Å²) < 4.78 is 27.0. The maximum atomic E-state index is 12.8. The van der Waals surface area contributed by atoms with Crippen molar-refractivity contribution in [3.8, 4) is 0 Å². The van der Waals surface area contributed by atoms with Gasteiger partial charge in [0.15, 0.2) is 16.5 Å². The van der Waals surface area contributed by atoms with Crippen LogP contribution in [0, 0.1) is 5.92 Å². The van der Waals surface area contributed by atoms with Crippen LogP contribution in [0.3, 0.4) is 0 Å². The van der Waals surface area contributed by atoms with Crippen molar-refractivity contribution >= 4 is 39.2 Å². The number of halogens is 1. The second-order valence-corrected chi connectivity index (χ2v) is 9.21. The zero-order valence-corrected chi connectivity index (χ0v) is 17.3. The first-order valence-corrected chi connectivity index (χ1v) is 10.5. The van der Waals surface area contributed by atoms with E-state index in [9.17, 15) is 13.2 Å². The van der Waals surface area contributed by atoms with Gasteiger partial charge in [-0.3, -0.25) is 4.79 Å². The van der Waals surface area contributed by atoms with E-state index in [0.29, 0.717) is 12.5 Å². The third-order valence-electron chi connectivity index (χ3n) is 5.13. The Bertz CT molecular complexity index is 1030. The van der Waals surface area contributed by atoms with Crippen LogP contribution in [0.2, 0.25) is 5.15 Å². The Morgan fingerprint density at radius 3 is 2.68 bits per heavy atom. The topological polar surface area (TPSA) is 131 Å². The molecule has 9 nitrogen and oxygen atoms in total. The highest BCUT2D eigenvalue weighted by molar-refractivity contribution is 7.90. The van der Waals surface area contributed by atoms with E-state index in [0.717, 1.165) is 6.42 Å². The Hall–Kier alpha value is -2.46. The van der Waals surface area contributed by atoms with Gasteiger partial charge in [-0.05, 0) is 38.3 Å². The fourth-order valence-corrected chi connectivity index (χ4v) is 4.18. The van der Waals surface area contributed by atoms with Crippen LogP contribution in [0.4, 0.5) is 11.6 Å². The molecule has 1 aliphatic rings. The highest BCUT2D eigenvalue weighted by Gasteiger charge is 2.41. The van der Waals surface area contributed by atoms with Crippen molar-refractivity contribution in [1.29, 1.82) is 0 Å². The lowest BCUT2D eigenvalue weighted by Gasteiger charge is -2.36. The van der Waals surface area contributed by atoms with E-state index >= 15 is 0 Å². The quantitative estimate of drug-likeness (QED) is 0.760. The molecule has 0 radical (unpaired) electrons. The van der Waals surface area contributed by atoms with E-state index in [1.165, 1.54) is 24.4 Å². The monoisotopic (exact) mass is 424 g/mol. The van der Waals surface area contributed by atoms with E-state index < -0.39 is 15.9 Å². The van der Waals surface area contributed by atoms with Crippen LogP contribution >= 0.6 is 11.6 Å². The molecule has 1 aliphatic heterocycles. The first kappa shape index (κ1) is 20.3. The van der Waals surface area contributed by atoms with Gasteiger partial charge in [0.05, 0.1) is 6.20 Å². The van der Waals surface area contributed by atoms with Crippen molar-refractivity contribution < 1.29 is 13.2 Å². The van der Waals surface area contributed by atoms with Crippen LogP contribution in [0.25, 0.3) is 0 Å². The maximum absolute atomic E-state index is 12.8. The minimum absolute atomic E-state index is 0.0232. The highest BCUT2D eigenvalue weighted by atomic mass is 35.5. The van der Waals surface area contributed by atoms with Crippen molar-refractivity contribution in [1.82, 2.24) is 19.7 Å². The van der Waals surface area contributed by atoms with Crippen molar-refractivity contribution in [3.63, 3.8) is 0 Å². The molecule has 0 saturated carbocycles. The third kappa shape index (κ3) is 3.74. The van der Waals surface area contributed by atoms with Crippen molar-refractivity contribution in [2.45, 2.75) is 37.8 Å². The Morgan fingerprint density at radius 1 is 1.36 bits per heavy atom. The lowest BCUT2D eigenvalue weighted by atomic mass is 9.90. The molecule has 2 aromatic rings. The summed E-state index contributed by atoms with van der Waals surface area (Å²) in [5.41, 5.74) is 5.10. The van der Waals surface area contributed by atoms with Gasteiger partial charge in [-0.25, -0.2) is 19.7 Å². The molecule has 3 heterocycles. The van der Waals surface area contributed by atoms with E-state index in [1.807, 2.05) is 23.5 Å². The predicted octanol–water partition coefficient (Wildman–Crippen LogP) is 1.85. The zero-order valence-electron chi connectivity index (χ0n) is 15.7. The molecule has 2 aromatic heterocycles. The first-order chi connectivity index (χ1) is 13.0. The molecule has 1 unspecified atom stereocenters. The summed E-state index contributed by atoms with van der Waals surface area (Å²) in [6.45, 7) is 6.81. The molecular formula is C17H21ClN6O3S. The second kappa shape index (κ2) is 7.17. The van der Waals surface area contributed by atoms with E-state index in [2.05, 4.69) is 21.9 Å². The smallest absolute Gasteiger partial charge is 0.287 e. The molecule has 3 rings (SSSR count). The summed E-state index contributed by atoms with van der Waals surface area (Å²) in [7, 11) is -4.23. The number of aromatic nitrogens is 3. The van der Waals surface area contributed by atoms with Crippen LogP contribution in [0.1, 0.15) is 37.7 Å². The largest absolute Gasteiger partial charge is 0.384 e. The molecule has 1 saturated heterocycles. The van der Waals surface area contributed by atoms with Crippen molar-refractivity contribution in [2.75, 3.05) is 17.2 Å². The second-order valence-electron chi connectivity index (χ2n) is 7.20. The molecule has 150 valence electrons. The summed E-state index contributed by atoms with van der Waals surface area (Å²) in [6.07, 6.45) is 2.10. The average molecular weight is 425 g/mol. The molecule has 1 amide bonds. The third-order valence-corrected chi connectivity index (χ3v) is 6.54. The van der Waals surface area contributed by atoms with Gasteiger partial charge in [0.25, 0.3) is 15.9 Å². The van der Waals surface area contributed by atoms with Gasteiger partial charge >= 0.3 is 0 Å². The zero-order chi connectivity index (χ0) is 20.7. The molecule has 28 heavy (non-hydrogen) atoms. The molecule has 0 bridgehead atoms. The number of hydrogen-bond acceptors (Lipinski definition) is 8. The maximum Gasteiger partial charge on any atom is 0.287 e. The van der Waals surface area contributed by atoms with Crippen LogP contribution in [-0.2, 0) is 10.0 Å². The van der Waals surface area contributed by atoms with Gasteiger partial charge in [0, 0.05) is 12.1 Å². The van der Waals surface area contributed by atoms with E-state index in [4.69, 9.17) is 17.3 Å². The van der Waals surface area contributed by atoms with Crippen molar-refractivity contribution in [3.05, 3.63) is 35.2 Å². The number of carbonyl (C=O) groups is 1. The first-order valence-electron chi connectivity index (χ1n) is 8.62. The minimum atomic E-state index is -4.23. The highest BCUT2D eigenvalue weighted by Crippen LogP contribution is 2.38. The van der Waals surface area contributed by atoms with Gasteiger partial charge in [0.1, 0.15) is 11.0 Å². The Kier molecular flexibility index (Phi) is 5.20. The summed E-state index contributed by atoms with van der Waals surface area (Å²) in [5, 5.41) is -0.248. The van der Waals surface area contributed by atoms with Gasteiger partial charge in [-0.2, -0.15) is 8.42 Å². The Labute approximate surface area is 168 Å². The number of anilines is 2. The SMILES string of the molecule is CC1CCN(c2nc(Cl)cnc2C(=O)NS(=O)(=O)c2cccc(N)n2)C1(C)C. The summed E-state index contributed by atoms with van der Waals surface area (Å²) >= 11 is 6.00. The van der Waals surface area contributed by atoms with Gasteiger partial charge < -0.3 is 10.6 Å². The summed E-state index contributed by atoms with van der Waals surface area (Å²) in [6, 6.07) is 4.12. The van der Waals surface area contributed by atoms with Crippen LogP contribution in [0.15, 0.2) is 29.4 Å². The fraction of sp³-hybridized carbons (Fsp3) is 0.412. The molecule has 1 fully saturated rings. The number of amides is 1. The number of pyridine rings is 1. The van der Waals surface area contributed by atoms with Crippen LogP contribution < -0.4 is 15.4 Å². The molecular weight excluding hydrogens is 404 g/mol. The van der Waals surface area contributed by atoms with Gasteiger partial charge in [-0.15, -0.1) is 0 Å². The number of nitrogens with one attached hydrogen (secondary N) is 1. The molecule has 0 aromatic carbocycles. The lowest BCUT2D eigenvalue weighted by Crippen LogP contribution is -2.44. The van der Waals surface area contributed by atoms with Gasteiger partial charge in [-0.1, -0.05) is 24.6 Å². The molecule has 0 spiro atoms. The van der Waals surface area contributed by atoms with Crippen molar-refractivity contribution in [2.24, 2.45) is 5.92 Å². The Balaban J connectivity index is 1.97. The number of sulfonamides is 1. The predicted molar refractivity (Wildman–Crippen MR) is 106 cm³/mol. The standard InChI is InChI=1S/C17H21ClN6O3S/c1-10-7-8-24(17(10,2)3)15-14(20-9-11(18)21-15)16(25)23-28(26,27)13-6-4-5-12(19)22-13/h4-6,9-10H,7-8H2,1-3H3,(H2,19,22)(H,23,25). The lowest BCUT2D eigenvalue weighted by molar-refractivity contribution is 0.0976. The van der Waals surface area contributed by atoms with Crippen LogP contribution in [-0.4, -0.2) is 41.4 Å². The van der Waals surface area contributed by atoms with E-state index in [-0.39, 0.29) is 33.0 Å². The summed E-state index contributed by atoms with van der Waals surface area (Å²) in [5.74, 6) is -0.312. The number of nitrogen functional groups attached to an aromatic ring is 1. The number of rotatable bonds is 4. The number of nitrogens with two attached hydrogens (primary N) is 1. The normalized spacial score (nSPS) is 18.9. The number of carbonyl (C=O) groups excluding carboxylic acids is 1. The van der Waals surface area contributed by atoms with Gasteiger partial charge in [0.2, 0.25) is 0 Å². The van der Waals surface area contributed by atoms with Crippen LogP contribution in [0.5, 0.6) is 0 Å². The minimum Gasteiger partial charge on any atom is -0.384 e. The molecule has 11 heteroatoms. The number of hydrogen-bond donors (Lipinski definition) is 2. The molecule has 0 aliphatic carbocycles.